The predicted octanol–water partition coefficient (Wildman–Crippen LogP) is 2.03. The zero-order valence-electron chi connectivity index (χ0n) is 13.9. The lowest BCUT2D eigenvalue weighted by molar-refractivity contribution is 0.0791. The van der Waals surface area contributed by atoms with Crippen molar-refractivity contribution in [3.63, 3.8) is 0 Å². The van der Waals surface area contributed by atoms with Gasteiger partial charge >= 0.3 is 0 Å². The third-order valence-corrected chi connectivity index (χ3v) is 4.62. The van der Waals surface area contributed by atoms with Crippen molar-refractivity contribution in [2.75, 3.05) is 13.1 Å². The zero-order chi connectivity index (χ0) is 16.7. The number of aromatic nitrogens is 3. The van der Waals surface area contributed by atoms with E-state index >= 15 is 0 Å². The van der Waals surface area contributed by atoms with Crippen LogP contribution in [-0.4, -0.2) is 44.5 Å². The summed E-state index contributed by atoms with van der Waals surface area (Å²) in [5.74, 6) is 0.101. The Morgan fingerprint density at radius 3 is 2.72 bits per heavy atom. The number of halogens is 1. The minimum absolute atomic E-state index is 0. The fraction of sp³-hybridized carbons (Fsp3) is 0.278. The average Bonchev–Trinajstić information content (AvgIpc) is 3.18. The van der Waals surface area contributed by atoms with Crippen LogP contribution >= 0.6 is 12.4 Å². The second kappa shape index (κ2) is 6.82. The first-order valence-corrected chi connectivity index (χ1v) is 8.04. The summed E-state index contributed by atoms with van der Waals surface area (Å²) in [6.07, 6.45) is 3.41. The van der Waals surface area contributed by atoms with Crippen LogP contribution in [0.1, 0.15) is 27.5 Å². The summed E-state index contributed by atoms with van der Waals surface area (Å²) in [6.45, 7) is 3.06. The maximum atomic E-state index is 12.9. The molecule has 6 nitrogen and oxygen atoms in total. The number of rotatable bonds is 2. The van der Waals surface area contributed by atoms with Crippen LogP contribution in [0.5, 0.6) is 0 Å². The van der Waals surface area contributed by atoms with Gasteiger partial charge in [-0.05, 0) is 18.6 Å². The van der Waals surface area contributed by atoms with E-state index in [4.69, 9.17) is 5.73 Å². The van der Waals surface area contributed by atoms with Crippen LogP contribution in [0.3, 0.4) is 0 Å². The smallest absolute Gasteiger partial charge is 0.259 e. The molecule has 130 valence electrons. The summed E-state index contributed by atoms with van der Waals surface area (Å²) in [7, 11) is 0. The number of hydrogen-bond acceptors (Lipinski definition) is 4. The van der Waals surface area contributed by atoms with Crippen LogP contribution in [-0.2, 0) is 0 Å². The highest BCUT2D eigenvalue weighted by Crippen LogP contribution is 2.27. The maximum absolute atomic E-state index is 12.9. The third kappa shape index (κ3) is 3.10. The molecule has 0 saturated carbocycles. The number of carbonyl (C=O) groups excluding carboxylic acids is 1. The van der Waals surface area contributed by atoms with E-state index in [1.165, 1.54) is 5.56 Å². The van der Waals surface area contributed by atoms with Crippen molar-refractivity contribution >= 4 is 24.0 Å². The first kappa shape index (κ1) is 17.4. The number of fused-ring (bicyclic) bond motifs is 1. The van der Waals surface area contributed by atoms with E-state index < -0.39 is 0 Å². The van der Waals surface area contributed by atoms with E-state index in [9.17, 15) is 4.79 Å². The van der Waals surface area contributed by atoms with Crippen molar-refractivity contribution in [3.8, 4) is 0 Å². The Labute approximate surface area is 152 Å². The van der Waals surface area contributed by atoms with E-state index in [-0.39, 0.29) is 30.3 Å². The molecule has 4 rings (SSSR count). The van der Waals surface area contributed by atoms with Gasteiger partial charge < -0.3 is 10.6 Å². The number of benzene rings is 1. The van der Waals surface area contributed by atoms with Crippen LogP contribution < -0.4 is 5.73 Å². The van der Waals surface area contributed by atoms with Crippen LogP contribution in [0.2, 0.25) is 0 Å². The number of nitrogens with zero attached hydrogens (tertiary/aromatic N) is 4. The lowest BCUT2D eigenvalue weighted by atomic mass is 9.95. The monoisotopic (exact) mass is 357 g/mol. The van der Waals surface area contributed by atoms with Crippen molar-refractivity contribution in [3.05, 3.63) is 65.6 Å². The summed E-state index contributed by atoms with van der Waals surface area (Å²) in [6, 6.07) is 11.9. The van der Waals surface area contributed by atoms with Gasteiger partial charge in [-0.2, -0.15) is 5.10 Å². The van der Waals surface area contributed by atoms with Crippen molar-refractivity contribution < 1.29 is 4.79 Å². The molecule has 1 aliphatic heterocycles. The molecule has 7 heteroatoms. The van der Waals surface area contributed by atoms with Gasteiger partial charge in [0.05, 0.1) is 6.20 Å². The highest BCUT2D eigenvalue weighted by molar-refractivity contribution is 5.99. The Morgan fingerprint density at radius 1 is 1.20 bits per heavy atom. The predicted molar refractivity (Wildman–Crippen MR) is 98.0 cm³/mol. The standard InChI is InChI=1S/C18H19N5O.ClH/c1-12-7-8-23-17(21-12)14(9-20-23)18(24)22-10-15(16(19)11-22)13-5-3-2-4-6-13;/h2-9,15-16H,10-11,19H2,1H3;1H/t15-,16+;/m0./s1. The van der Waals surface area contributed by atoms with Gasteiger partial charge in [-0.25, -0.2) is 9.50 Å². The number of hydrogen-bond donors (Lipinski definition) is 1. The number of likely N-dealkylation sites (tertiary alicyclic amines) is 1. The Balaban J connectivity index is 0.00000182. The topological polar surface area (TPSA) is 76.5 Å². The van der Waals surface area contributed by atoms with Gasteiger partial charge in [0.25, 0.3) is 5.91 Å². The van der Waals surface area contributed by atoms with Gasteiger partial charge in [-0.1, -0.05) is 30.3 Å². The maximum Gasteiger partial charge on any atom is 0.259 e. The summed E-state index contributed by atoms with van der Waals surface area (Å²) in [5, 5.41) is 4.22. The minimum atomic E-state index is -0.0621. The Kier molecular flexibility index (Phi) is 4.74. The zero-order valence-corrected chi connectivity index (χ0v) is 14.7. The quantitative estimate of drug-likeness (QED) is 0.761. The van der Waals surface area contributed by atoms with Gasteiger partial charge in [0, 0.05) is 36.9 Å². The molecule has 2 N–H and O–H groups in total. The average molecular weight is 358 g/mol. The Hall–Kier alpha value is -2.44. The molecule has 0 bridgehead atoms. The van der Waals surface area contributed by atoms with Crippen molar-refractivity contribution in [1.29, 1.82) is 0 Å². The molecule has 1 aliphatic rings. The molecule has 0 spiro atoms. The fourth-order valence-corrected chi connectivity index (χ4v) is 3.33. The molecular weight excluding hydrogens is 338 g/mol. The largest absolute Gasteiger partial charge is 0.336 e. The summed E-state index contributed by atoms with van der Waals surface area (Å²) in [4.78, 5) is 19.2. The first-order valence-electron chi connectivity index (χ1n) is 8.04. The van der Waals surface area contributed by atoms with Crippen molar-refractivity contribution in [2.24, 2.45) is 5.73 Å². The van der Waals surface area contributed by atoms with Gasteiger partial charge in [-0.15, -0.1) is 12.4 Å². The number of amides is 1. The minimum Gasteiger partial charge on any atom is -0.336 e. The van der Waals surface area contributed by atoms with Crippen LogP contribution in [0.25, 0.3) is 5.65 Å². The van der Waals surface area contributed by atoms with Crippen molar-refractivity contribution in [2.45, 2.75) is 18.9 Å². The molecule has 2 aromatic heterocycles. The molecule has 2 atom stereocenters. The van der Waals surface area contributed by atoms with Crippen LogP contribution in [0.4, 0.5) is 0 Å². The number of nitrogens with two attached hydrogens (primary N) is 1. The van der Waals surface area contributed by atoms with E-state index in [2.05, 4.69) is 22.2 Å². The third-order valence-electron chi connectivity index (χ3n) is 4.62. The van der Waals surface area contributed by atoms with Gasteiger partial charge in [0.1, 0.15) is 5.56 Å². The molecule has 0 radical (unpaired) electrons. The van der Waals surface area contributed by atoms with Crippen LogP contribution in [0.15, 0.2) is 48.8 Å². The Bertz CT molecular complexity index is 895. The molecule has 25 heavy (non-hydrogen) atoms. The van der Waals surface area contributed by atoms with E-state index in [1.54, 1.807) is 10.7 Å². The van der Waals surface area contributed by atoms with E-state index in [1.807, 2.05) is 42.3 Å². The molecule has 1 saturated heterocycles. The number of aryl methyl sites for hydroxylation is 1. The molecule has 3 aromatic rings. The molecule has 1 amide bonds. The number of carbonyl (C=O) groups is 1. The first-order chi connectivity index (χ1) is 11.6. The van der Waals surface area contributed by atoms with E-state index in [0.717, 1.165) is 5.69 Å². The second-order valence-electron chi connectivity index (χ2n) is 6.29. The second-order valence-corrected chi connectivity index (χ2v) is 6.29. The summed E-state index contributed by atoms with van der Waals surface area (Å²) >= 11 is 0. The Morgan fingerprint density at radius 2 is 1.96 bits per heavy atom. The molecule has 0 unspecified atom stereocenters. The van der Waals surface area contributed by atoms with Crippen molar-refractivity contribution in [1.82, 2.24) is 19.5 Å². The molecule has 1 aromatic carbocycles. The molecule has 1 fully saturated rings. The SMILES string of the molecule is Cc1ccn2ncc(C(=O)N3C[C@@H](N)[C@H](c4ccccc4)C3)c2n1.Cl. The normalized spacial score (nSPS) is 19.8. The highest BCUT2D eigenvalue weighted by Gasteiger charge is 2.35. The molecule has 0 aliphatic carbocycles. The van der Waals surface area contributed by atoms with E-state index in [0.29, 0.717) is 24.3 Å². The lowest BCUT2D eigenvalue weighted by Gasteiger charge is -2.15. The van der Waals surface area contributed by atoms with Gasteiger partial charge in [0.2, 0.25) is 0 Å². The van der Waals surface area contributed by atoms with Gasteiger partial charge in [-0.3, -0.25) is 4.79 Å². The summed E-state index contributed by atoms with van der Waals surface area (Å²) < 4.78 is 1.63. The summed E-state index contributed by atoms with van der Waals surface area (Å²) in [5.41, 5.74) is 9.45. The lowest BCUT2D eigenvalue weighted by Crippen LogP contribution is -2.32. The van der Waals surface area contributed by atoms with Gasteiger partial charge in [0.15, 0.2) is 5.65 Å². The fourth-order valence-electron chi connectivity index (χ4n) is 3.33. The molecular formula is C18H20ClN5O. The van der Waals surface area contributed by atoms with Crippen LogP contribution in [0, 0.1) is 6.92 Å². The highest BCUT2D eigenvalue weighted by atomic mass is 35.5. The molecule has 3 heterocycles.